The van der Waals surface area contributed by atoms with Crippen LogP contribution in [-0.4, -0.2) is 42.0 Å². The Morgan fingerprint density at radius 1 is 1.46 bits per heavy atom. The molecule has 7 nitrogen and oxygen atoms in total. The van der Waals surface area contributed by atoms with Crippen LogP contribution < -0.4 is 10.6 Å². The predicted molar refractivity (Wildman–Crippen MR) is 91.5 cm³/mol. The Bertz CT molecular complexity index is 624. The normalized spacial score (nSPS) is 16.9. The first kappa shape index (κ1) is 18.7. The highest BCUT2D eigenvalue weighted by atomic mass is 32.1. The second kappa shape index (κ2) is 7.50. The standard InChI is InChI=1S/C16H24N2O5S/c1-5-22-14(20)12-10-6-16(3,4)23-8-11(10)24-13(12)18-15(21)17-7-9(2)19/h9,19H,5-8H2,1-4H3,(H2,17,18,21)/t9-/m1/s1. The van der Waals surface area contributed by atoms with Crippen LogP contribution in [0.3, 0.4) is 0 Å². The number of fused-ring (bicyclic) bond motifs is 1. The zero-order chi connectivity index (χ0) is 17.9. The van der Waals surface area contributed by atoms with Gasteiger partial charge < -0.3 is 19.9 Å². The van der Waals surface area contributed by atoms with Crippen LogP contribution in [0, 0.1) is 0 Å². The van der Waals surface area contributed by atoms with E-state index in [2.05, 4.69) is 10.6 Å². The van der Waals surface area contributed by atoms with E-state index in [1.54, 1.807) is 13.8 Å². The van der Waals surface area contributed by atoms with Gasteiger partial charge in [-0.1, -0.05) is 0 Å². The van der Waals surface area contributed by atoms with Gasteiger partial charge in [0.05, 0.1) is 30.5 Å². The molecule has 1 aromatic heterocycles. The fourth-order valence-corrected chi connectivity index (χ4v) is 3.56. The summed E-state index contributed by atoms with van der Waals surface area (Å²) in [6, 6.07) is -0.472. The van der Waals surface area contributed by atoms with E-state index >= 15 is 0 Å². The van der Waals surface area contributed by atoms with Gasteiger partial charge in [0.25, 0.3) is 0 Å². The highest BCUT2D eigenvalue weighted by Crippen LogP contribution is 2.40. The number of thiophene rings is 1. The van der Waals surface area contributed by atoms with Gasteiger partial charge in [0.2, 0.25) is 0 Å². The number of carbonyl (C=O) groups is 2. The summed E-state index contributed by atoms with van der Waals surface area (Å²) in [5.74, 6) is -0.446. The molecule has 0 spiro atoms. The quantitative estimate of drug-likeness (QED) is 0.703. The lowest BCUT2D eigenvalue weighted by Crippen LogP contribution is -2.34. The van der Waals surface area contributed by atoms with Crippen molar-refractivity contribution < 1.29 is 24.2 Å². The van der Waals surface area contributed by atoms with Crippen molar-refractivity contribution in [2.75, 3.05) is 18.5 Å². The zero-order valence-corrected chi connectivity index (χ0v) is 15.2. The molecule has 1 aromatic rings. The largest absolute Gasteiger partial charge is 0.462 e. The molecule has 2 rings (SSSR count). The number of nitrogens with one attached hydrogen (secondary N) is 2. The molecule has 0 fully saturated rings. The Morgan fingerprint density at radius 3 is 2.79 bits per heavy atom. The zero-order valence-electron chi connectivity index (χ0n) is 14.4. The molecule has 3 N–H and O–H groups in total. The van der Waals surface area contributed by atoms with Gasteiger partial charge in [-0.25, -0.2) is 9.59 Å². The van der Waals surface area contributed by atoms with Crippen LogP contribution in [0.15, 0.2) is 0 Å². The van der Waals surface area contributed by atoms with Crippen LogP contribution >= 0.6 is 11.3 Å². The summed E-state index contributed by atoms with van der Waals surface area (Å²) >= 11 is 1.32. The van der Waals surface area contributed by atoms with Gasteiger partial charge in [0, 0.05) is 17.8 Å². The van der Waals surface area contributed by atoms with Crippen molar-refractivity contribution in [1.29, 1.82) is 0 Å². The Kier molecular flexibility index (Phi) is 5.84. The minimum absolute atomic E-state index is 0.127. The van der Waals surface area contributed by atoms with Crippen molar-refractivity contribution >= 4 is 28.3 Å². The molecule has 2 heterocycles. The summed E-state index contributed by atoms with van der Waals surface area (Å²) in [6.07, 6.45) is -0.0738. The maximum absolute atomic E-state index is 12.4. The molecule has 1 aliphatic heterocycles. The summed E-state index contributed by atoms with van der Waals surface area (Å²) in [4.78, 5) is 25.3. The van der Waals surface area contributed by atoms with Crippen LogP contribution in [0.4, 0.5) is 9.80 Å². The van der Waals surface area contributed by atoms with E-state index < -0.39 is 18.1 Å². The van der Waals surface area contributed by atoms with Gasteiger partial charge in [0.15, 0.2) is 0 Å². The molecular weight excluding hydrogens is 332 g/mol. The van der Waals surface area contributed by atoms with Gasteiger partial charge in [-0.2, -0.15) is 0 Å². The van der Waals surface area contributed by atoms with Crippen molar-refractivity contribution in [2.24, 2.45) is 0 Å². The van der Waals surface area contributed by atoms with Crippen molar-refractivity contribution in [3.8, 4) is 0 Å². The number of aliphatic hydroxyl groups is 1. The average molecular weight is 356 g/mol. The Balaban J connectivity index is 2.28. The maximum atomic E-state index is 12.4. The summed E-state index contributed by atoms with van der Waals surface area (Å²) < 4.78 is 10.9. The second-order valence-electron chi connectivity index (χ2n) is 6.34. The molecule has 1 atom stereocenters. The molecule has 0 saturated carbocycles. The molecular formula is C16H24N2O5S. The van der Waals surface area contributed by atoms with Crippen molar-refractivity contribution in [2.45, 2.75) is 52.4 Å². The molecule has 24 heavy (non-hydrogen) atoms. The number of rotatable bonds is 5. The number of amides is 2. The molecule has 0 saturated heterocycles. The Morgan fingerprint density at radius 2 is 2.17 bits per heavy atom. The number of anilines is 1. The molecule has 0 aliphatic carbocycles. The predicted octanol–water partition coefficient (Wildman–Crippen LogP) is 2.28. The third kappa shape index (κ3) is 4.46. The van der Waals surface area contributed by atoms with Crippen LogP contribution in [0.2, 0.25) is 0 Å². The van der Waals surface area contributed by atoms with E-state index in [4.69, 9.17) is 9.47 Å². The molecule has 0 bridgehead atoms. The molecule has 0 unspecified atom stereocenters. The minimum Gasteiger partial charge on any atom is -0.462 e. The van der Waals surface area contributed by atoms with E-state index in [9.17, 15) is 14.7 Å². The smallest absolute Gasteiger partial charge is 0.341 e. The van der Waals surface area contributed by atoms with Gasteiger partial charge >= 0.3 is 12.0 Å². The third-order valence-corrected chi connectivity index (χ3v) is 4.67. The highest BCUT2D eigenvalue weighted by molar-refractivity contribution is 7.17. The van der Waals surface area contributed by atoms with E-state index in [1.807, 2.05) is 13.8 Å². The van der Waals surface area contributed by atoms with Gasteiger partial charge in [0.1, 0.15) is 5.00 Å². The van der Waals surface area contributed by atoms with Crippen LogP contribution in [0.5, 0.6) is 0 Å². The number of hydrogen-bond acceptors (Lipinski definition) is 6. The number of aliphatic hydroxyl groups excluding tert-OH is 1. The van der Waals surface area contributed by atoms with Gasteiger partial charge in [-0.05, 0) is 33.3 Å². The lowest BCUT2D eigenvalue weighted by molar-refractivity contribution is -0.0384. The first-order valence-electron chi connectivity index (χ1n) is 7.92. The summed E-state index contributed by atoms with van der Waals surface area (Å²) in [5, 5.41) is 14.9. The Labute approximate surface area is 145 Å². The minimum atomic E-state index is -0.647. The average Bonchev–Trinajstić information content (AvgIpc) is 2.81. The molecule has 0 radical (unpaired) electrons. The first-order valence-corrected chi connectivity index (χ1v) is 8.73. The second-order valence-corrected chi connectivity index (χ2v) is 7.44. The van der Waals surface area contributed by atoms with Crippen molar-refractivity contribution in [1.82, 2.24) is 5.32 Å². The van der Waals surface area contributed by atoms with Crippen LogP contribution in [0.25, 0.3) is 0 Å². The first-order chi connectivity index (χ1) is 11.2. The molecule has 134 valence electrons. The summed E-state index contributed by atoms with van der Waals surface area (Å²) in [7, 11) is 0. The van der Waals surface area contributed by atoms with Crippen LogP contribution in [-0.2, 0) is 22.5 Å². The lowest BCUT2D eigenvalue weighted by Gasteiger charge is -2.30. The molecule has 8 heteroatoms. The molecule has 0 aromatic carbocycles. The van der Waals surface area contributed by atoms with E-state index in [0.717, 1.165) is 10.4 Å². The number of hydrogen-bond donors (Lipinski definition) is 3. The van der Waals surface area contributed by atoms with Crippen molar-refractivity contribution in [3.05, 3.63) is 16.0 Å². The topological polar surface area (TPSA) is 96.9 Å². The number of urea groups is 1. The van der Waals surface area contributed by atoms with Gasteiger partial charge in [-0.15, -0.1) is 11.3 Å². The van der Waals surface area contributed by atoms with E-state index in [0.29, 0.717) is 23.6 Å². The lowest BCUT2D eigenvalue weighted by atomic mass is 9.93. The number of esters is 1. The summed E-state index contributed by atoms with van der Waals surface area (Å²) in [6.45, 7) is 8.03. The van der Waals surface area contributed by atoms with Gasteiger partial charge in [-0.3, -0.25) is 5.32 Å². The SMILES string of the molecule is CCOC(=O)c1c(NC(=O)NC[C@@H](C)O)sc2c1CC(C)(C)OC2. The molecule has 2 amide bonds. The highest BCUT2D eigenvalue weighted by Gasteiger charge is 2.34. The van der Waals surface area contributed by atoms with Crippen molar-refractivity contribution in [3.63, 3.8) is 0 Å². The maximum Gasteiger partial charge on any atom is 0.341 e. The Hall–Kier alpha value is -1.64. The fourth-order valence-electron chi connectivity index (χ4n) is 2.45. The van der Waals surface area contributed by atoms with E-state index in [-0.39, 0.29) is 18.8 Å². The fraction of sp³-hybridized carbons (Fsp3) is 0.625. The molecule has 1 aliphatic rings. The van der Waals surface area contributed by atoms with E-state index in [1.165, 1.54) is 11.3 Å². The third-order valence-electron chi connectivity index (χ3n) is 3.55. The summed E-state index contributed by atoms with van der Waals surface area (Å²) in [5.41, 5.74) is 0.905. The number of ether oxygens (including phenoxy) is 2. The van der Waals surface area contributed by atoms with Crippen LogP contribution in [0.1, 0.15) is 48.5 Å². The number of carbonyl (C=O) groups excluding carboxylic acids is 2. The monoisotopic (exact) mass is 356 g/mol.